The number of ether oxygens (including phenoxy) is 2. The van der Waals surface area contributed by atoms with E-state index in [1.807, 2.05) is 33.8 Å². The SMILES string of the molecule is CC/C=C(\C)[C@H]1OC(=O)[C@H](C)N(C)C(=O)[C@H](C(C)C)NC(=O)CN(C)C(=O)[C@@H](CC(C)C)N(C)C(=O)[C@H](C(C)C)NC(=O)[C@@H]([C@@H](C)CC)OC(=O)/C(C)=C\C[C@H](O)[C@@H]1C. The van der Waals surface area contributed by atoms with Gasteiger partial charge in [0.25, 0.3) is 5.91 Å². The largest absolute Gasteiger partial charge is 0.456 e. The third-order valence-electron chi connectivity index (χ3n) is 11.2. The highest BCUT2D eigenvalue weighted by atomic mass is 16.6. The molecule has 336 valence electrons. The van der Waals surface area contributed by atoms with Crippen molar-refractivity contribution in [2.45, 2.75) is 158 Å². The van der Waals surface area contributed by atoms with Crippen LogP contribution < -0.4 is 10.6 Å². The maximum atomic E-state index is 14.2. The predicted octanol–water partition coefficient (Wildman–Crippen LogP) is 4.02. The van der Waals surface area contributed by atoms with Crippen LogP contribution in [0.25, 0.3) is 0 Å². The van der Waals surface area contributed by atoms with E-state index in [1.54, 1.807) is 48.5 Å². The first-order valence-corrected chi connectivity index (χ1v) is 21.1. The van der Waals surface area contributed by atoms with Gasteiger partial charge in [0, 0.05) is 38.6 Å². The zero-order valence-electron chi connectivity index (χ0n) is 38.6. The average molecular weight is 834 g/mol. The normalized spacial score (nSPS) is 29.3. The van der Waals surface area contributed by atoms with E-state index in [0.29, 0.717) is 18.4 Å². The van der Waals surface area contributed by atoms with Crippen LogP contribution in [0.3, 0.4) is 0 Å². The lowest BCUT2D eigenvalue weighted by Gasteiger charge is -2.36. The van der Waals surface area contributed by atoms with Crippen LogP contribution in [-0.4, -0.2) is 131 Å². The molecule has 59 heavy (non-hydrogen) atoms. The summed E-state index contributed by atoms with van der Waals surface area (Å²) in [5.41, 5.74) is 0.833. The lowest BCUT2D eigenvalue weighted by atomic mass is 9.90. The number of hydrogen-bond acceptors (Lipinski definition) is 10. The van der Waals surface area contributed by atoms with Gasteiger partial charge in [0.1, 0.15) is 30.3 Å². The van der Waals surface area contributed by atoms with Crippen molar-refractivity contribution in [1.29, 1.82) is 0 Å². The van der Waals surface area contributed by atoms with Crippen molar-refractivity contribution in [3.63, 3.8) is 0 Å². The van der Waals surface area contributed by atoms with Gasteiger partial charge in [-0.05, 0) is 69.8 Å². The van der Waals surface area contributed by atoms with Crippen LogP contribution in [0.4, 0.5) is 0 Å². The summed E-state index contributed by atoms with van der Waals surface area (Å²) in [4.78, 5) is 100. The molecule has 3 N–H and O–H groups in total. The summed E-state index contributed by atoms with van der Waals surface area (Å²) >= 11 is 0. The number of esters is 2. The fourth-order valence-corrected chi connectivity index (χ4v) is 6.77. The van der Waals surface area contributed by atoms with Crippen LogP contribution >= 0.6 is 0 Å². The predicted molar refractivity (Wildman–Crippen MR) is 226 cm³/mol. The Morgan fingerprint density at radius 2 is 1.39 bits per heavy atom. The molecule has 0 aromatic rings. The second-order valence-corrected chi connectivity index (χ2v) is 17.4. The molecule has 0 aromatic carbocycles. The number of aliphatic hydroxyl groups is 1. The number of allylic oxidation sites excluding steroid dienone is 1. The smallest absolute Gasteiger partial charge is 0.334 e. The summed E-state index contributed by atoms with van der Waals surface area (Å²) < 4.78 is 11.8. The van der Waals surface area contributed by atoms with Crippen molar-refractivity contribution in [3.05, 3.63) is 23.3 Å². The number of amides is 5. The number of nitrogens with one attached hydrogen (secondary N) is 2. The zero-order chi connectivity index (χ0) is 45.6. The minimum atomic E-state index is -1.26. The van der Waals surface area contributed by atoms with Gasteiger partial charge in [0.2, 0.25) is 23.6 Å². The molecule has 0 spiro atoms. The van der Waals surface area contributed by atoms with Crippen LogP contribution in [-0.2, 0) is 43.0 Å². The number of carbonyl (C=O) groups excluding carboxylic acids is 7. The standard InChI is InChI=1S/C44H75N5O10/c1-17-19-28(10)37-30(12)33(50)21-20-29(11)43(56)59-38(27(9)18-2)39(52)46-36(26(7)8)42(55)49(16)32(22-24(3)4)40(53)47(14)23-34(51)45-35(25(5)6)41(54)48(15)31(13)44(57)58-37/h19-20,24-27,30-33,35-38,50H,17-18,21-23H2,1-16H3,(H,45,51)(H,46,52)/b28-19+,29-20-/t27-,30-,31-,32+,33-,35-,36-,37+,38+/m0/s1. The van der Waals surface area contributed by atoms with E-state index in [4.69, 9.17) is 9.47 Å². The molecule has 0 bridgehead atoms. The number of aliphatic hydroxyl groups excluding tert-OH is 1. The van der Waals surface area contributed by atoms with Crippen molar-refractivity contribution >= 4 is 41.5 Å². The molecule has 0 saturated carbocycles. The highest BCUT2D eigenvalue weighted by Gasteiger charge is 2.39. The molecule has 1 heterocycles. The van der Waals surface area contributed by atoms with Crippen LogP contribution in [0.5, 0.6) is 0 Å². The van der Waals surface area contributed by atoms with E-state index in [9.17, 15) is 38.7 Å². The fourth-order valence-electron chi connectivity index (χ4n) is 6.77. The molecule has 1 aliphatic heterocycles. The molecule has 0 fully saturated rings. The highest BCUT2D eigenvalue weighted by molar-refractivity contribution is 5.96. The summed E-state index contributed by atoms with van der Waals surface area (Å²) in [6.45, 7) is 22.4. The molecular weight excluding hydrogens is 759 g/mol. The number of hydrogen-bond donors (Lipinski definition) is 3. The Labute approximate surface area is 353 Å². The molecule has 15 nitrogen and oxygen atoms in total. The van der Waals surface area contributed by atoms with Gasteiger partial charge in [-0.25, -0.2) is 9.59 Å². The van der Waals surface area contributed by atoms with Crippen LogP contribution in [0, 0.1) is 29.6 Å². The first-order chi connectivity index (χ1) is 27.3. The Hall–Kier alpha value is -4.27. The maximum Gasteiger partial charge on any atom is 0.334 e. The van der Waals surface area contributed by atoms with Gasteiger partial charge < -0.3 is 39.9 Å². The number of carbonyl (C=O) groups is 7. The number of likely N-dealkylation sites (N-methyl/N-ethyl adjacent to an activating group) is 3. The van der Waals surface area contributed by atoms with Crippen LogP contribution in [0.2, 0.25) is 0 Å². The first-order valence-electron chi connectivity index (χ1n) is 21.1. The molecule has 1 aliphatic rings. The Morgan fingerprint density at radius 1 is 0.847 bits per heavy atom. The van der Waals surface area contributed by atoms with Gasteiger partial charge in [-0.1, -0.05) is 81.4 Å². The van der Waals surface area contributed by atoms with Gasteiger partial charge in [-0.15, -0.1) is 0 Å². The third-order valence-corrected chi connectivity index (χ3v) is 11.2. The van der Waals surface area contributed by atoms with E-state index in [-0.39, 0.29) is 24.3 Å². The van der Waals surface area contributed by atoms with Gasteiger partial charge in [0.05, 0.1) is 12.6 Å². The topological polar surface area (TPSA) is 192 Å². The Balaban J connectivity index is 3.87. The molecule has 0 aromatic heterocycles. The molecule has 1 rings (SSSR count). The lowest BCUT2D eigenvalue weighted by molar-refractivity contribution is -0.160. The summed E-state index contributed by atoms with van der Waals surface area (Å²) in [5, 5.41) is 16.9. The molecule has 15 heteroatoms. The van der Waals surface area contributed by atoms with Gasteiger partial charge in [-0.2, -0.15) is 0 Å². The minimum absolute atomic E-state index is 0.0127. The number of cyclic esters (lactones) is 2. The van der Waals surface area contributed by atoms with E-state index in [1.165, 1.54) is 55.8 Å². The van der Waals surface area contributed by atoms with Crippen molar-refractivity contribution < 1.29 is 48.1 Å². The van der Waals surface area contributed by atoms with Crippen molar-refractivity contribution in [2.75, 3.05) is 27.7 Å². The lowest BCUT2D eigenvalue weighted by Crippen LogP contribution is -2.59. The van der Waals surface area contributed by atoms with Gasteiger partial charge >= 0.3 is 11.9 Å². The number of nitrogens with zero attached hydrogens (tertiary/aromatic N) is 3. The van der Waals surface area contributed by atoms with E-state index < -0.39 is 114 Å². The molecular formula is C44H75N5O10. The molecule has 9 atom stereocenters. The second-order valence-electron chi connectivity index (χ2n) is 17.4. The molecule has 0 saturated heterocycles. The maximum absolute atomic E-state index is 14.2. The first kappa shape index (κ1) is 52.7. The molecule has 5 amide bonds. The summed E-state index contributed by atoms with van der Waals surface area (Å²) in [6, 6.07) is -4.25. The Kier molecular flexibility index (Phi) is 21.5. The summed E-state index contributed by atoms with van der Waals surface area (Å²) in [7, 11) is 4.36. The van der Waals surface area contributed by atoms with E-state index >= 15 is 0 Å². The highest BCUT2D eigenvalue weighted by Crippen LogP contribution is 2.25. The van der Waals surface area contributed by atoms with E-state index in [2.05, 4.69) is 10.6 Å². The Bertz CT molecular complexity index is 1540. The quantitative estimate of drug-likeness (QED) is 0.238. The Morgan fingerprint density at radius 3 is 1.90 bits per heavy atom. The van der Waals surface area contributed by atoms with Crippen molar-refractivity contribution in [2.24, 2.45) is 29.6 Å². The van der Waals surface area contributed by atoms with Crippen molar-refractivity contribution in [1.82, 2.24) is 25.3 Å². The molecule has 0 aliphatic carbocycles. The van der Waals surface area contributed by atoms with E-state index in [0.717, 1.165) is 0 Å². The summed E-state index contributed by atoms with van der Waals surface area (Å²) in [6.07, 6.45) is 1.49. The van der Waals surface area contributed by atoms with Gasteiger partial charge in [0.15, 0.2) is 6.10 Å². The molecule has 0 radical (unpaired) electrons. The van der Waals surface area contributed by atoms with Crippen molar-refractivity contribution in [3.8, 4) is 0 Å². The molecule has 0 unspecified atom stereocenters. The minimum Gasteiger partial charge on any atom is -0.456 e. The monoisotopic (exact) mass is 834 g/mol. The fraction of sp³-hybridized carbons (Fsp3) is 0.750. The van der Waals surface area contributed by atoms with Crippen LogP contribution in [0.1, 0.15) is 116 Å². The summed E-state index contributed by atoms with van der Waals surface area (Å²) in [5.74, 6) is -6.38. The third kappa shape index (κ3) is 15.1. The van der Waals surface area contributed by atoms with Crippen LogP contribution in [0.15, 0.2) is 23.3 Å². The zero-order valence-corrected chi connectivity index (χ0v) is 38.6. The number of rotatable bonds is 8. The second kappa shape index (κ2) is 24.1. The average Bonchev–Trinajstić information content (AvgIpc) is 3.17. The van der Waals surface area contributed by atoms with Gasteiger partial charge in [-0.3, -0.25) is 24.0 Å².